The highest BCUT2D eigenvalue weighted by Gasteiger charge is 2.26. The first-order valence-corrected chi connectivity index (χ1v) is 6.08. The number of halogens is 2. The Kier molecular flexibility index (Phi) is 4.94. The Hall–Kier alpha value is -0.620. The smallest absolute Gasteiger partial charge is 0.253 e. The molecule has 0 bridgehead atoms. The second-order valence-electron chi connectivity index (χ2n) is 3.96. The molecule has 6 heteroatoms. The van der Waals surface area contributed by atoms with Crippen LogP contribution in [0, 0.1) is 0 Å². The van der Waals surface area contributed by atoms with Crippen molar-refractivity contribution in [3.8, 4) is 0 Å². The van der Waals surface area contributed by atoms with Crippen LogP contribution in [0.25, 0.3) is 0 Å². The molecule has 4 nitrogen and oxygen atoms in total. The molecule has 0 aliphatic rings. The molecule has 0 heterocycles. The highest BCUT2D eigenvalue weighted by atomic mass is 79.9. The maximum atomic E-state index is 11.9. The molecule has 0 atom stereocenters. The number of benzene rings is 1. The van der Waals surface area contributed by atoms with Gasteiger partial charge >= 0.3 is 0 Å². The van der Waals surface area contributed by atoms with Gasteiger partial charge in [0, 0.05) is 4.47 Å². The third-order valence-corrected chi connectivity index (χ3v) is 3.11. The van der Waals surface area contributed by atoms with Crippen LogP contribution < -0.4 is 5.32 Å². The molecule has 94 valence electrons. The fourth-order valence-corrected chi connectivity index (χ4v) is 1.71. The van der Waals surface area contributed by atoms with Gasteiger partial charge in [0.1, 0.15) is 0 Å². The Morgan fingerprint density at radius 1 is 1.47 bits per heavy atom. The van der Waals surface area contributed by atoms with E-state index in [2.05, 4.69) is 21.2 Å². The number of aliphatic hydroxyl groups excluding tert-OH is 2. The number of aliphatic hydroxyl groups is 2. The molecule has 0 aliphatic heterocycles. The molecule has 1 aromatic rings. The Labute approximate surface area is 113 Å². The molecule has 0 fully saturated rings. The Morgan fingerprint density at radius 2 is 2.06 bits per heavy atom. The van der Waals surface area contributed by atoms with Crippen molar-refractivity contribution in [2.24, 2.45) is 0 Å². The predicted octanol–water partition coefficient (Wildman–Crippen LogP) is 1.58. The van der Waals surface area contributed by atoms with E-state index in [1.165, 1.54) is 6.92 Å². The lowest BCUT2D eigenvalue weighted by molar-refractivity contribution is 0.0724. The summed E-state index contributed by atoms with van der Waals surface area (Å²) in [4.78, 5) is 11.9. The zero-order valence-electron chi connectivity index (χ0n) is 9.20. The molecule has 0 saturated heterocycles. The highest BCUT2D eigenvalue weighted by molar-refractivity contribution is 9.10. The first-order chi connectivity index (χ1) is 7.91. The van der Waals surface area contributed by atoms with Crippen LogP contribution in [0.1, 0.15) is 17.3 Å². The summed E-state index contributed by atoms with van der Waals surface area (Å²) in [5, 5.41) is 21.0. The van der Waals surface area contributed by atoms with Crippen LogP contribution in [0.3, 0.4) is 0 Å². The number of amides is 1. The van der Waals surface area contributed by atoms with E-state index in [4.69, 9.17) is 21.8 Å². The summed E-state index contributed by atoms with van der Waals surface area (Å²) in [5.74, 6) is -0.443. The summed E-state index contributed by atoms with van der Waals surface area (Å²) in [6.45, 7) is 0.818. The summed E-state index contributed by atoms with van der Waals surface area (Å²) in [5.41, 5.74) is -0.780. The van der Waals surface area contributed by atoms with Crippen molar-refractivity contribution < 1.29 is 15.0 Å². The third-order valence-electron chi connectivity index (χ3n) is 2.29. The summed E-state index contributed by atoms with van der Waals surface area (Å²) in [6.07, 6.45) is 0. The minimum atomic E-state index is -1.07. The van der Waals surface area contributed by atoms with E-state index in [9.17, 15) is 4.79 Å². The monoisotopic (exact) mass is 321 g/mol. The van der Waals surface area contributed by atoms with Gasteiger partial charge in [-0.3, -0.25) is 4.79 Å². The highest BCUT2D eigenvalue weighted by Crippen LogP contribution is 2.21. The second kappa shape index (κ2) is 5.82. The van der Waals surface area contributed by atoms with E-state index in [1.54, 1.807) is 18.2 Å². The molecular weight excluding hydrogens is 309 g/mol. The van der Waals surface area contributed by atoms with Gasteiger partial charge in [0.2, 0.25) is 0 Å². The predicted molar refractivity (Wildman–Crippen MR) is 69.2 cm³/mol. The van der Waals surface area contributed by atoms with Crippen molar-refractivity contribution in [3.63, 3.8) is 0 Å². The number of carbonyl (C=O) groups excluding carboxylic acids is 1. The normalized spacial score (nSPS) is 11.4. The molecule has 0 aromatic heterocycles. The molecule has 1 rings (SSSR count). The average molecular weight is 323 g/mol. The van der Waals surface area contributed by atoms with E-state index in [0.717, 1.165) is 4.47 Å². The van der Waals surface area contributed by atoms with Gasteiger partial charge in [-0.25, -0.2) is 0 Å². The first-order valence-electron chi connectivity index (χ1n) is 4.91. The standard InChI is InChI=1S/C11H13BrClNO3/c1-11(5-15,6-16)14-10(17)8-4-7(12)2-3-9(8)13/h2-4,15-16H,5-6H2,1H3,(H,14,17). The zero-order chi connectivity index (χ0) is 13.1. The molecule has 3 N–H and O–H groups in total. The van der Waals surface area contributed by atoms with Gasteiger partial charge in [0.15, 0.2) is 0 Å². The lowest BCUT2D eigenvalue weighted by Crippen LogP contribution is -2.51. The van der Waals surface area contributed by atoms with Gasteiger partial charge in [-0.05, 0) is 25.1 Å². The molecule has 0 radical (unpaired) electrons. The Balaban J connectivity index is 2.94. The minimum Gasteiger partial charge on any atom is -0.394 e. The Bertz CT molecular complexity index is 421. The summed E-state index contributed by atoms with van der Waals surface area (Å²) >= 11 is 9.14. The van der Waals surface area contributed by atoms with Crippen molar-refractivity contribution in [1.82, 2.24) is 5.32 Å². The topological polar surface area (TPSA) is 69.6 Å². The van der Waals surface area contributed by atoms with Crippen LogP contribution in [-0.4, -0.2) is 34.9 Å². The molecule has 0 spiro atoms. The lowest BCUT2D eigenvalue weighted by atomic mass is 10.0. The van der Waals surface area contributed by atoms with E-state index < -0.39 is 11.4 Å². The van der Waals surface area contributed by atoms with Crippen molar-refractivity contribution in [2.45, 2.75) is 12.5 Å². The summed E-state index contributed by atoms with van der Waals surface area (Å²) in [6, 6.07) is 4.89. The van der Waals surface area contributed by atoms with Crippen LogP contribution in [0.4, 0.5) is 0 Å². The number of hydrogen-bond acceptors (Lipinski definition) is 3. The first kappa shape index (κ1) is 14.4. The van der Waals surface area contributed by atoms with Gasteiger partial charge in [0.25, 0.3) is 5.91 Å². The van der Waals surface area contributed by atoms with E-state index >= 15 is 0 Å². The maximum Gasteiger partial charge on any atom is 0.253 e. The van der Waals surface area contributed by atoms with E-state index in [0.29, 0.717) is 5.02 Å². The van der Waals surface area contributed by atoms with Crippen LogP contribution in [0.15, 0.2) is 22.7 Å². The van der Waals surface area contributed by atoms with Crippen molar-refractivity contribution in [3.05, 3.63) is 33.3 Å². The number of hydrogen-bond donors (Lipinski definition) is 3. The fourth-order valence-electron chi connectivity index (χ4n) is 1.14. The SMILES string of the molecule is CC(CO)(CO)NC(=O)c1cc(Br)ccc1Cl. The molecule has 0 unspecified atom stereocenters. The lowest BCUT2D eigenvalue weighted by Gasteiger charge is -2.26. The van der Waals surface area contributed by atoms with E-state index in [1.807, 2.05) is 0 Å². The van der Waals surface area contributed by atoms with E-state index in [-0.39, 0.29) is 18.8 Å². The van der Waals surface area contributed by atoms with Gasteiger partial charge in [-0.15, -0.1) is 0 Å². The third kappa shape index (κ3) is 3.67. The van der Waals surface area contributed by atoms with Crippen molar-refractivity contribution >= 4 is 33.4 Å². The molecule has 0 saturated carbocycles. The summed E-state index contributed by atoms with van der Waals surface area (Å²) in [7, 11) is 0. The van der Waals surface area contributed by atoms with Gasteiger partial charge in [0.05, 0.1) is 29.3 Å². The van der Waals surface area contributed by atoms with Gasteiger partial charge < -0.3 is 15.5 Å². The molecule has 0 aliphatic carbocycles. The summed E-state index contributed by atoms with van der Waals surface area (Å²) < 4.78 is 0.724. The Morgan fingerprint density at radius 3 is 2.59 bits per heavy atom. The van der Waals surface area contributed by atoms with Crippen LogP contribution in [0.5, 0.6) is 0 Å². The second-order valence-corrected chi connectivity index (χ2v) is 5.28. The molecule has 17 heavy (non-hydrogen) atoms. The molecule has 1 aromatic carbocycles. The number of rotatable bonds is 4. The number of carbonyl (C=O) groups is 1. The fraction of sp³-hybridized carbons (Fsp3) is 0.364. The van der Waals surface area contributed by atoms with Crippen LogP contribution in [0.2, 0.25) is 5.02 Å². The molecule has 1 amide bonds. The van der Waals surface area contributed by atoms with Gasteiger partial charge in [-0.2, -0.15) is 0 Å². The minimum absolute atomic E-state index is 0.286. The van der Waals surface area contributed by atoms with Crippen LogP contribution >= 0.6 is 27.5 Å². The maximum absolute atomic E-state index is 11.9. The zero-order valence-corrected chi connectivity index (χ0v) is 11.5. The quantitative estimate of drug-likeness (QED) is 0.788. The number of nitrogens with one attached hydrogen (secondary N) is 1. The van der Waals surface area contributed by atoms with Crippen molar-refractivity contribution in [2.75, 3.05) is 13.2 Å². The molecular formula is C11H13BrClNO3. The largest absolute Gasteiger partial charge is 0.394 e. The van der Waals surface area contributed by atoms with Gasteiger partial charge in [-0.1, -0.05) is 27.5 Å². The van der Waals surface area contributed by atoms with Crippen molar-refractivity contribution in [1.29, 1.82) is 0 Å². The average Bonchev–Trinajstić information content (AvgIpc) is 2.32. The van der Waals surface area contributed by atoms with Crippen LogP contribution in [-0.2, 0) is 0 Å².